The molecule has 2 rings (SSSR count). The fourth-order valence-electron chi connectivity index (χ4n) is 1.65. The van der Waals surface area contributed by atoms with Gasteiger partial charge in [-0.1, -0.05) is 17.8 Å². The quantitative estimate of drug-likeness (QED) is 0.660. The van der Waals surface area contributed by atoms with Gasteiger partial charge >= 0.3 is 0 Å². The highest BCUT2D eigenvalue weighted by Crippen LogP contribution is 2.27. The molecule has 21 heavy (non-hydrogen) atoms. The predicted molar refractivity (Wildman–Crippen MR) is 91.1 cm³/mol. The van der Waals surface area contributed by atoms with E-state index in [0.29, 0.717) is 0 Å². The molecule has 1 aromatic heterocycles. The summed E-state index contributed by atoms with van der Waals surface area (Å²) in [5, 5.41) is 4.63. The zero-order valence-electron chi connectivity index (χ0n) is 12.6. The first-order valence-electron chi connectivity index (χ1n) is 6.61. The Bertz CT molecular complexity index is 670. The molecule has 0 aliphatic carbocycles. The molecule has 0 aliphatic heterocycles. The Morgan fingerprint density at radius 3 is 2.62 bits per heavy atom. The van der Waals surface area contributed by atoms with E-state index in [0.717, 1.165) is 15.7 Å². The number of carbonyl (C=O) groups excluding carboxylic acids is 1. The van der Waals surface area contributed by atoms with E-state index >= 15 is 0 Å². The van der Waals surface area contributed by atoms with Gasteiger partial charge in [-0.25, -0.2) is 4.98 Å². The zero-order valence-corrected chi connectivity index (χ0v) is 14.2. The Kier molecular flexibility index (Phi) is 5.20. The number of thioether (sulfide) groups is 1. The summed E-state index contributed by atoms with van der Waals surface area (Å²) in [7, 11) is 0. The summed E-state index contributed by atoms with van der Waals surface area (Å²) in [5.74, 6) is -0.129. The number of hydrogen-bond acceptors (Lipinski definition) is 4. The molecule has 0 atom stereocenters. The largest absolute Gasteiger partial charge is 0.322 e. The van der Waals surface area contributed by atoms with E-state index in [1.54, 1.807) is 16.7 Å². The summed E-state index contributed by atoms with van der Waals surface area (Å²) in [6.45, 7) is 8.12. The van der Waals surface area contributed by atoms with Gasteiger partial charge in [0.05, 0.1) is 5.69 Å². The van der Waals surface area contributed by atoms with Gasteiger partial charge in [-0.05, 0) is 56.4 Å². The molecular formula is C16H18N2OS2. The van der Waals surface area contributed by atoms with Crippen molar-refractivity contribution in [1.29, 1.82) is 0 Å². The second kappa shape index (κ2) is 6.91. The van der Waals surface area contributed by atoms with Gasteiger partial charge in [-0.2, -0.15) is 0 Å². The van der Waals surface area contributed by atoms with Gasteiger partial charge in [-0.3, -0.25) is 4.79 Å². The molecule has 5 heteroatoms. The van der Waals surface area contributed by atoms with E-state index in [4.69, 9.17) is 0 Å². The van der Waals surface area contributed by atoms with Gasteiger partial charge in [0.2, 0.25) is 5.91 Å². The minimum atomic E-state index is -0.129. The number of hydrogen-bond donors (Lipinski definition) is 1. The number of nitrogens with one attached hydrogen (secondary N) is 1. The van der Waals surface area contributed by atoms with E-state index in [9.17, 15) is 4.79 Å². The fourth-order valence-corrected chi connectivity index (χ4v) is 3.52. The van der Waals surface area contributed by atoms with E-state index in [2.05, 4.69) is 17.2 Å². The van der Waals surface area contributed by atoms with Crippen LogP contribution in [0.4, 0.5) is 5.69 Å². The van der Waals surface area contributed by atoms with Crippen LogP contribution < -0.4 is 5.32 Å². The van der Waals surface area contributed by atoms with Crippen LogP contribution in [0.3, 0.4) is 0 Å². The Morgan fingerprint density at radius 1 is 1.24 bits per heavy atom. The topological polar surface area (TPSA) is 42.0 Å². The number of benzene rings is 1. The van der Waals surface area contributed by atoms with Crippen molar-refractivity contribution in [1.82, 2.24) is 4.98 Å². The number of carbonyl (C=O) groups is 1. The second-order valence-corrected chi connectivity index (χ2v) is 7.19. The molecule has 0 spiro atoms. The number of aromatic nitrogens is 1. The second-order valence-electron chi connectivity index (χ2n) is 4.83. The maximum absolute atomic E-state index is 11.8. The SMILES string of the molecule is Cc1ccc(NC(=O)C=CSc2nc(C)c(C)s2)cc1C. The van der Waals surface area contributed by atoms with E-state index < -0.39 is 0 Å². The van der Waals surface area contributed by atoms with Crippen molar-refractivity contribution in [2.45, 2.75) is 32.0 Å². The summed E-state index contributed by atoms with van der Waals surface area (Å²) in [5.41, 5.74) is 4.25. The summed E-state index contributed by atoms with van der Waals surface area (Å²) in [6, 6.07) is 5.89. The molecular weight excluding hydrogens is 300 g/mol. The van der Waals surface area contributed by atoms with Crippen LogP contribution in [-0.2, 0) is 4.79 Å². The number of nitrogens with zero attached hydrogens (tertiary/aromatic N) is 1. The van der Waals surface area contributed by atoms with Crippen LogP contribution in [0.5, 0.6) is 0 Å². The van der Waals surface area contributed by atoms with Crippen molar-refractivity contribution in [3.63, 3.8) is 0 Å². The average molecular weight is 318 g/mol. The van der Waals surface area contributed by atoms with Gasteiger partial charge in [0, 0.05) is 16.6 Å². The Morgan fingerprint density at radius 2 is 2.00 bits per heavy atom. The molecule has 110 valence electrons. The summed E-state index contributed by atoms with van der Waals surface area (Å²) in [6.07, 6.45) is 1.53. The molecule has 2 aromatic rings. The van der Waals surface area contributed by atoms with Gasteiger partial charge < -0.3 is 5.32 Å². The lowest BCUT2D eigenvalue weighted by atomic mass is 10.1. The molecule has 0 saturated heterocycles. The maximum Gasteiger partial charge on any atom is 0.248 e. The average Bonchev–Trinajstić information content (AvgIpc) is 2.73. The lowest BCUT2D eigenvalue weighted by Gasteiger charge is -2.05. The lowest BCUT2D eigenvalue weighted by molar-refractivity contribution is -0.111. The summed E-state index contributed by atoms with van der Waals surface area (Å²) >= 11 is 3.11. The molecule has 1 heterocycles. The van der Waals surface area contributed by atoms with Crippen LogP contribution >= 0.6 is 23.1 Å². The number of thiazole rings is 1. The van der Waals surface area contributed by atoms with E-state index in [-0.39, 0.29) is 5.91 Å². The Hall–Kier alpha value is -1.59. The third-order valence-electron chi connectivity index (χ3n) is 3.17. The third kappa shape index (κ3) is 4.44. The molecule has 0 fully saturated rings. The summed E-state index contributed by atoms with van der Waals surface area (Å²) < 4.78 is 0.959. The number of rotatable bonds is 4. The molecule has 0 bridgehead atoms. The molecule has 1 aromatic carbocycles. The number of amides is 1. The van der Waals surface area contributed by atoms with Crippen LogP contribution in [0.25, 0.3) is 0 Å². The van der Waals surface area contributed by atoms with Gasteiger partial charge in [0.15, 0.2) is 4.34 Å². The van der Waals surface area contributed by atoms with Crippen LogP contribution in [0, 0.1) is 27.7 Å². The van der Waals surface area contributed by atoms with Crippen molar-refractivity contribution in [2.75, 3.05) is 5.32 Å². The summed E-state index contributed by atoms with van der Waals surface area (Å²) in [4.78, 5) is 17.5. The smallest absolute Gasteiger partial charge is 0.248 e. The highest BCUT2D eigenvalue weighted by molar-refractivity contribution is 8.03. The van der Waals surface area contributed by atoms with Crippen molar-refractivity contribution >= 4 is 34.7 Å². The van der Waals surface area contributed by atoms with Crippen LogP contribution in [-0.4, -0.2) is 10.9 Å². The number of anilines is 1. The standard InChI is InChI=1S/C16H18N2OS2/c1-10-5-6-14(9-11(10)2)18-15(19)7-8-20-16-17-12(3)13(4)21-16/h5-9H,1-4H3,(H,18,19). The molecule has 0 aliphatic rings. The lowest BCUT2D eigenvalue weighted by Crippen LogP contribution is -2.07. The molecule has 0 radical (unpaired) electrons. The highest BCUT2D eigenvalue weighted by atomic mass is 32.2. The van der Waals surface area contributed by atoms with Crippen LogP contribution in [0.2, 0.25) is 0 Å². The molecule has 1 N–H and O–H groups in total. The van der Waals surface area contributed by atoms with Crippen molar-refractivity contribution < 1.29 is 4.79 Å². The van der Waals surface area contributed by atoms with E-state index in [1.807, 2.05) is 39.0 Å². The number of aryl methyl sites for hydroxylation is 4. The van der Waals surface area contributed by atoms with Crippen molar-refractivity contribution in [3.8, 4) is 0 Å². The molecule has 3 nitrogen and oxygen atoms in total. The first kappa shape index (κ1) is 15.8. The first-order valence-corrected chi connectivity index (χ1v) is 8.31. The van der Waals surface area contributed by atoms with Gasteiger partial charge in [0.1, 0.15) is 0 Å². The van der Waals surface area contributed by atoms with Crippen molar-refractivity contribution in [3.05, 3.63) is 51.4 Å². The van der Waals surface area contributed by atoms with Gasteiger partial charge in [-0.15, -0.1) is 11.3 Å². The minimum Gasteiger partial charge on any atom is -0.322 e. The molecule has 1 amide bonds. The monoisotopic (exact) mass is 318 g/mol. The van der Waals surface area contributed by atoms with E-state index in [1.165, 1.54) is 33.8 Å². The Balaban J connectivity index is 1.91. The van der Waals surface area contributed by atoms with Crippen molar-refractivity contribution in [2.24, 2.45) is 0 Å². The minimum absolute atomic E-state index is 0.129. The van der Waals surface area contributed by atoms with Gasteiger partial charge in [0.25, 0.3) is 0 Å². The van der Waals surface area contributed by atoms with Crippen LogP contribution in [0.1, 0.15) is 21.7 Å². The Labute approximate surface area is 133 Å². The zero-order chi connectivity index (χ0) is 15.4. The predicted octanol–water partition coefficient (Wildman–Crippen LogP) is 4.62. The normalized spacial score (nSPS) is 11.0. The van der Waals surface area contributed by atoms with Crippen LogP contribution in [0.15, 0.2) is 34.0 Å². The molecule has 0 unspecified atom stereocenters. The maximum atomic E-state index is 11.8. The first-order chi connectivity index (χ1) is 9.95. The third-order valence-corrected chi connectivity index (χ3v) is 5.14. The highest BCUT2D eigenvalue weighted by Gasteiger charge is 2.03. The molecule has 0 saturated carbocycles. The fraction of sp³-hybridized carbons (Fsp3) is 0.250.